The lowest BCUT2D eigenvalue weighted by atomic mass is 10.1. The van der Waals surface area contributed by atoms with Gasteiger partial charge in [-0.2, -0.15) is 11.3 Å². The molecule has 2 saturated heterocycles. The van der Waals surface area contributed by atoms with Gasteiger partial charge in [-0.3, -0.25) is 14.7 Å². The molecule has 1 N–H and O–H groups in total. The summed E-state index contributed by atoms with van der Waals surface area (Å²) in [6, 6.07) is 2.51. The van der Waals surface area contributed by atoms with Crippen molar-refractivity contribution in [3.63, 3.8) is 0 Å². The first-order valence-electron chi connectivity index (χ1n) is 11.4. The molecule has 2 atom stereocenters. The molecule has 2 aliphatic rings. The first-order valence-corrected chi connectivity index (χ1v) is 12.3. The van der Waals surface area contributed by atoms with Gasteiger partial charge in [0.25, 0.3) is 5.91 Å². The van der Waals surface area contributed by atoms with E-state index in [2.05, 4.69) is 52.7 Å². The zero-order valence-corrected chi connectivity index (χ0v) is 22.2. The molecule has 2 fully saturated rings. The van der Waals surface area contributed by atoms with Crippen molar-refractivity contribution in [1.29, 1.82) is 0 Å². The van der Waals surface area contributed by atoms with Crippen molar-refractivity contribution in [3.05, 3.63) is 22.4 Å². The van der Waals surface area contributed by atoms with Crippen molar-refractivity contribution < 1.29 is 9.53 Å². The second-order valence-electron chi connectivity index (χ2n) is 7.80. The Kier molecular flexibility index (Phi) is 11.6. The minimum absolute atomic E-state index is 0. The highest BCUT2D eigenvalue weighted by atomic mass is 127. The second kappa shape index (κ2) is 13.6. The number of carbonyl (C=O) groups excluding carboxylic acids is 1. The molecule has 176 valence electrons. The van der Waals surface area contributed by atoms with Gasteiger partial charge in [0.1, 0.15) is 6.10 Å². The molecule has 3 rings (SSSR count). The van der Waals surface area contributed by atoms with Gasteiger partial charge in [0.2, 0.25) is 0 Å². The number of hydrogen-bond donors (Lipinski definition) is 1. The summed E-state index contributed by atoms with van der Waals surface area (Å²) in [5.74, 6) is 1.11. The van der Waals surface area contributed by atoms with Gasteiger partial charge in [-0.05, 0) is 55.2 Å². The zero-order chi connectivity index (χ0) is 21.3. The number of ether oxygens (including phenoxy) is 1. The number of carbonyl (C=O) groups is 1. The quantitative estimate of drug-likeness (QED) is 0.300. The first kappa shape index (κ1) is 26.3. The van der Waals surface area contributed by atoms with Crippen LogP contribution in [0.1, 0.15) is 45.2 Å². The van der Waals surface area contributed by atoms with Crippen molar-refractivity contribution in [2.75, 3.05) is 59.0 Å². The Bertz CT molecular complexity index is 669. The van der Waals surface area contributed by atoms with E-state index in [9.17, 15) is 4.79 Å². The van der Waals surface area contributed by atoms with Crippen molar-refractivity contribution in [3.8, 4) is 0 Å². The van der Waals surface area contributed by atoms with Crippen molar-refractivity contribution in [2.24, 2.45) is 4.99 Å². The first-order chi connectivity index (χ1) is 14.7. The summed E-state index contributed by atoms with van der Waals surface area (Å²) in [7, 11) is 0. The number of thiophene rings is 1. The Balaban J connectivity index is 0.00000341. The fourth-order valence-corrected chi connectivity index (χ4v) is 4.98. The number of piperazine rings is 1. The number of amides is 1. The molecule has 1 aromatic rings. The summed E-state index contributed by atoms with van der Waals surface area (Å²) in [6.45, 7) is 13.9. The normalized spacial score (nSPS) is 20.6. The third-order valence-electron chi connectivity index (χ3n) is 6.03. The largest absolute Gasteiger partial charge is 0.368 e. The molecule has 2 aliphatic heterocycles. The number of likely N-dealkylation sites (N-methyl/N-ethyl adjacent to an activating group) is 1. The maximum atomic E-state index is 12.6. The van der Waals surface area contributed by atoms with Crippen molar-refractivity contribution >= 4 is 47.2 Å². The van der Waals surface area contributed by atoms with Gasteiger partial charge in [-0.15, -0.1) is 24.0 Å². The highest BCUT2D eigenvalue weighted by Crippen LogP contribution is 2.23. The minimum Gasteiger partial charge on any atom is -0.368 e. The molecule has 1 amide bonds. The van der Waals surface area contributed by atoms with E-state index in [4.69, 9.17) is 9.73 Å². The van der Waals surface area contributed by atoms with Crippen LogP contribution < -0.4 is 5.32 Å². The molecule has 0 aromatic carbocycles. The lowest BCUT2D eigenvalue weighted by molar-refractivity contribution is -0.142. The molecule has 1 aromatic heterocycles. The van der Waals surface area contributed by atoms with Crippen LogP contribution in [0.25, 0.3) is 0 Å². The van der Waals surface area contributed by atoms with Gasteiger partial charge in [0, 0.05) is 39.3 Å². The maximum Gasteiger partial charge on any atom is 0.251 e. The van der Waals surface area contributed by atoms with Gasteiger partial charge < -0.3 is 19.9 Å². The van der Waals surface area contributed by atoms with E-state index >= 15 is 0 Å². The molecule has 7 nitrogen and oxygen atoms in total. The van der Waals surface area contributed by atoms with E-state index < -0.39 is 0 Å². The number of guanidine groups is 1. The molecule has 3 heterocycles. The fraction of sp³-hybridized carbons (Fsp3) is 0.727. The molecule has 0 saturated carbocycles. The van der Waals surface area contributed by atoms with Crippen molar-refractivity contribution in [2.45, 2.75) is 45.8 Å². The molecule has 2 unspecified atom stereocenters. The van der Waals surface area contributed by atoms with Crippen LogP contribution >= 0.6 is 35.3 Å². The Morgan fingerprint density at radius 2 is 1.97 bits per heavy atom. The van der Waals surface area contributed by atoms with Crippen LogP contribution in [0.15, 0.2) is 21.8 Å². The van der Waals surface area contributed by atoms with Crippen molar-refractivity contribution in [1.82, 2.24) is 20.0 Å². The molecule has 9 heteroatoms. The Morgan fingerprint density at radius 3 is 2.52 bits per heavy atom. The van der Waals surface area contributed by atoms with E-state index in [1.807, 2.05) is 4.90 Å². The third kappa shape index (κ3) is 7.03. The lowest BCUT2D eigenvalue weighted by Gasteiger charge is -2.37. The Morgan fingerprint density at radius 1 is 1.26 bits per heavy atom. The number of nitrogens with zero attached hydrogens (tertiary/aromatic N) is 4. The average molecular weight is 564 g/mol. The van der Waals surface area contributed by atoms with Crippen LogP contribution in [0.4, 0.5) is 0 Å². The van der Waals surface area contributed by atoms with Crippen LogP contribution in [-0.4, -0.2) is 91.6 Å². The third-order valence-corrected chi connectivity index (χ3v) is 6.73. The van der Waals surface area contributed by atoms with Crippen LogP contribution in [0.5, 0.6) is 0 Å². The van der Waals surface area contributed by atoms with E-state index in [1.165, 1.54) is 5.56 Å². The van der Waals surface area contributed by atoms with E-state index in [0.717, 1.165) is 71.2 Å². The summed E-state index contributed by atoms with van der Waals surface area (Å²) < 4.78 is 5.58. The van der Waals surface area contributed by atoms with E-state index in [0.29, 0.717) is 12.6 Å². The van der Waals surface area contributed by atoms with Gasteiger partial charge in [0.05, 0.1) is 12.6 Å². The molecule has 0 radical (unpaired) electrons. The predicted molar refractivity (Wildman–Crippen MR) is 139 cm³/mol. The van der Waals surface area contributed by atoms with Crippen LogP contribution in [0, 0.1) is 0 Å². The summed E-state index contributed by atoms with van der Waals surface area (Å²) >= 11 is 1.74. The van der Waals surface area contributed by atoms with E-state index in [-0.39, 0.29) is 36.0 Å². The fourth-order valence-electron chi connectivity index (χ4n) is 4.27. The number of halogens is 1. The predicted octanol–water partition coefficient (Wildman–Crippen LogP) is 3.04. The van der Waals surface area contributed by atoms with E-state index in [1.54, 1.807) is 11.3 Å². The highest BCUT2D eigenvalue weighted by Gasteiger charge is 2.31. The highest BCUT2D eigenvalue weighted by molar-refractivity contribution is 14.0. The second-order valence-corrected chi connectivity index (χ2v) is 8.58. The van der Waals surface area contributed by atoms with Gasteiger partial charge >= 0.3 is 0 Å². The van der Waals surface area contributed by atoms with Crippen LogP contribution in [0.2, 0.25) is 0 Å². The average Bonchev–Trinajstić information content (AvgIpc) is 3.50. The minimum atomic E-state index is -0.223. The number of aliphatic imine (C=N–C) groups is 1. The lowest BCUT2D eigenvalue weighted by Crippen LogP contribution is -2.55. The standard InChI is InChI=1S/C22H37N5O2S.HI/c1-4-23-22(24-16-19(25(5-2)6-3)18-9-15-30-17-18)27-12-10-26(11-13-27)21(28)20-8-7-14-29-20;/h9,15,17,19-20H,4-8,10-14,16H2,1-3H3,(H,23,24);1H. The van der Waals surface area contributed by atoms with Gasteiger partial charge in [0.15, 0.2) is 5.96 Å². The van der Waals surface area contributed by atoms with Gasteiger partial charge in [-0.1, -0.05) is 13.8 Å². The topological polar surface area (TPSA) is 60.4 Å². The monoisotopic (exact) mass is 563 g/mol. The SMILES string of the molecule is CCNC(=NCC(c1ccsc1)N(CC)CC)N1CCN(C(=O)C2CCCO2)CC1.I. The molecule has 31 heavy (non-hydrogen) atoms. The molecular weight excluding hydrogens is 525 g/mol. The Hall–Kier alpha value is -0.910. The van der Waals surface area contributed by atoms with Crippen LogP contribution in [0.3, 0.4) is 0 Å². The molecular formula is C22H38IN5O2S. The summed E-state index contributed by atoms with van der Waals surface area (Å²) in [4.78, 5) is 24.4. The number of nitrogens with one attached hydrogen (secondary N) is 1. The molecule has 0 spiro atoms. The smallest absolute Gasteiger partial charge is 0.251 e. The van der Waals surface area contributed by atoms with Gasteiger partial charge in [-0.25, -0.2) is 0 Å². The number of hydrogen-bond acceptors (Lipinski definition) is 5. The zero-order valence-electron chi connectivity index (χ0n) is 19.1. The summed E-state index contributed by atoms with van der Waals surface area (Å²) in [5, 5.41) is 7.84. The number of rotatable bonds is 8. The Labute approximate surface area is 208 Å². The molecule has 0 aliphatic carbocycles. The molecule has 0 bridgehead atoms. The summed E-state index contributed by atoms with van der Waals surface area (Å²) in [5.41, 5.74) is 1.34. The van der Waals surface area contributed by atoms with Crippen LogP contribution in [-0.2, 0) is 9.53 Å². The summed E-state index contributed by atoms with van der Waals surface area (Å²) in [6.07, 6.45) is 1.63. The maximum absolute atomic E-state index is 12.6.